The summed E-state index contributed by atoms with van der Waals surface area (Å²) >= 11 is 6.19. The van der Waals surface area contributed by atoms with Crippen LogP contribution >= 0.6 is 11.6 Å². The monoisotopic (exact) mass is 332 g/mol. The van der Waals surface area contributed by atoms with E-state index in [0.29, 0.717) is 36.8 Å². The van der Waals surface area contributed by atoms with Gasteiger partial charge in [-0.15, -0.1) is 0 Å². The van der Waals surface area contributed by atoms with Gasteiger partial charge in [-0.2, -0.15) is 0 Å². The Balaban J connectivity index is 1.64. The van der Waals surface area contributed by atoms with E-state index in [2.05, 4.69) is 15.3 Å². The molecule has 2 amide bonds. The van der Waals surface area contributed by atoms with E-state index in [4.69, 9.17) is 11.6 Å². The molecule has 1 saturated heterocycles. The van der Waals surface area contributed by atoms with Crippen molar-refractivity contribution in [2.75, 3.05) is 18.4 Å². The average molecular weight is 333 g/mol. The molecule has 120 valence electrons. The molecule has 2 N–H and O–H groups in total. The van der Waals surface area contributed by atoms with Gasteiger partial charge in [0.25, 0.3) is 0 Å². The van der Waals surface area contributed by atoms with Gasteiger partial charge in [-0.1, -0.05) is 29.8 Å². The van der Waals surface area contributed by atoms with Crippen molar-refractivity contribution in [3.8, 4) is 0 Å². The Kier molecular flexibility index (Phi) is 4.45. The van der Waals surface area contributed by atoms with Crippen molar-refractivity contribution in [3.63, 3.8) is 0 Å². The molecule has 0 saturated carbocycles. The van der Waals surface area contributed by atoms with Crippen molar-refractivity contribution in [3.05, 3.63) is 53.4 Å². The molecule has 1 aromatic carbocycles. The minimum atomic E-state index is -0.996. The molecule has 0 bridgehead atoms. The number of rotatable bonds is 2. The van der Waals surface area contributed by atoms with Gasteiger partial charge in [0, 0.05) is 29.9 Å². The van der Waals surface area contributed by atoms with Crippen molar-refractivity contribution in [1.29, 1.82) is 0 Å². The Hall–Kier alpha value is -2.18. The summed E-state index contributed by atoms with van der Waals surface area (Å²) in [6, 6.07) is 8.68. The van der Waals surface area contributed by atoms with Crippen LogP contribution in [-0.4, -0.2) is 39.1 Å². The number of urea groups is 1. The number of nitrogens with one attached hydrogen (secondary N) is 1. The minimum Gasteiger partial charge on any atom is -0.385 e. The number of hydrogen-bond acceptors (Lipinski definition) is 4. The molecule has 0 spiro atoms. The summed E-state index contributed by atoms with van der Waals surface area (Å²) in [5.41, 5.74) is -0.276. The van der Waals surface area contributed by atoms with Crippen LogP contribution in [0.4, 0.5) is 10.6 Å². The van der Waals surface area contributed by atoms with Crippen LogP contribution in [0.5, 0.6) is 0 Å². The Morgan fingerprint density at radius 3 is 2.65 bits per heavy atom. The lowest BCUT2D eigenvalue weighted by Gasteiger charge is -2.38. The summed E-state index contributed by atoms with van der Waals surface area (Å²) in [5.74, 6) is 0.455. The topological polar surface area (TPSA) is 78.4 Å². The number of carbonyl (C=O) groups excluding carboxylic acids is 1. The minimum absolute atomic E-state index is 0.232. The van der Waals surface area contributed by atoms with E-state index in [-0.39, 0.29) is 6.03 Å². The first-order chi connectivity index (χ1) is 11.1. The highest BCUT2D eigenvalue weighted by Crippen LogP contribution is 2.36. The highest BCUT2D eigenvalue weighted by molar-refractivity contribution is 6.31. The first-order valence-corrected chi connectivity index (χ1v) is 7.76. The predicted molar refractivity (Wildman–Crippen MR) is 87.2 cm³/mol. The van der Waals surface area contributed by atoms with E-state index < -0.39 is 5.60 Å². The molecule has 23 heavy (non-hydrogen) atoms. The SMILES string of the molecule is O=C(Nc1ccncn1)N1CCC(O)(c2ccccc2Cl)CC1. The molecule has 1 aliphatic heterocycles. The van der Waals surface area contributed by atoms with Crippen molar-refractivity contribution in [2.45, 2.75) is 18.4 Å². The molecule has 2 heterocycles. The standard InChI is InChI=1S/C16H17ClN4O2/c17-13-4-2-1-3-12(13)16(23)6-9-21(10-7-16)15(22)20-14-5-8-18-11-19-14/h1-5,8,11,23H,6-7,9-10H2,(H,18,19,20,22). The number of hydrogen-bond donors (Lipinski definition) is 2. The van der Waals surface area contributed by atoms with Crippen LogP contribution in [0.3, 0.4) is 0 Å². The van der Waals surface area contributed by atoms with Crippen LogP contribution in [0.2, 0.25) is 5.02 Å². The molecule has 0 radical (unpaired) electrons. The second-order valence-corrected chi connectivity index (χ2v) is 5.93. The number of piperidine rings is 1. The second kappa shape index (κ2) is 6.52. The van der Waals surface area contributed by atoms with Crippen molar-refractivity contribution in [2.24, 2.45) is 0 Å². The molecule has 1 aromatic heterocycles. The third-order valence-corrected chi connectivity index (χ3v) is 4.40. The van der Waals surface area contributed by atoms with E-state index >= 15 is 0 Å². The van der Waals surface area contributed by atoms with E-state index in [1.165, 1.54) is 6.33 Å². The Labute approximate surface area is 139 Å². The predicted octanol–water partition coefficient (Wildman–Crippen LogP) is 2.65. The van der Waals surface area contributed by atoms with Crippen LogP contribution in [0.1, 0.15) is 18.4 Å². The summed E-state index contributed by atoms with van der Waals surface area (Å²) in [6.07, 6.45) is 3.82. The zero-order chi connectivity index (χ0) is 16.3. The maximum Gasteiger partial charge on any atom is 0.323 e. The van der Waals surface area contributed by atoms with Crippen molar-refractivity contribution < 1.29 is 9.90 Å². The number of carbonyl (C=O) groups is 1. The fraction of sp³-hybridized carbons (Fsp3) is 0.312. The number of benzene rings is 1. The molecule has 0 aliphatic carbocycles. The van der Waals surface area contributed by atoms with Crippen LogP contribution < -0.4 is 5.32 Å². The average Bonchev–Trinajstić information content (AvgIpc) is 2.56. The summed E-state index contributed by atoms with van der Waals surface area (Å²) < 4.78 is 0. The molecule has 0 unspecified atom stereocenters. The normalized spacial score (nSPS) is 16.9. The molecule has 3 rings (SSSR count). The van der Waals surface area contributed by atoms with Gasteiger partial charge < -0.3 is 10.0 Å². The van der Waals surface area contributed by atoms with Gasteiger partial charge in [0.05, 0.1) is 5.60 Å². The fourth-order valence-electron chi connectivity index (χ4n) is 2.74. The first-order valence-electron chi connectivity index (χ1n) is 7.38. The number of aliphatic hydroxyl groups is 1. The van der Waals surface area contributed by atoms with Crippen LogP contribution in [0.15, 0.2) is 42.9 Å². The van der Waals surface area contributed by atoms with E-state index in [9.17, 15) is 9.90 Å². The Morgan fingerprint density at radius 1 is 1.26 bits per heavy atom. The molecular weight excluding hydrogens is 316 g/mol. The van der Waals surface area contributed by atoms with Crippen LogP contribution in [0.25, 0.3) is 0 Å². The third kappa shape index (κ3) is 3.43. The zero-order valence-electron chi connectivity index (χ0n) is 12.4. The molecular formula is C16H17ClN4O2. The zero-order valence-corrected chi connectivity index (χ0v) is 13.2. The highest BCUT2D eigenvalue weighted by atomic mass is 35.5. The molecule has 0 atom stereocenters. The third-order valence-electron chi connectivity index (χ3n) is 4.07. The van der Waals surface area contributed by atoms with Crippen molar-refractivity contribution >= 4 is 23.4 Å². The number of aromatic nitrogens is 2. The smallest absolute Gasteiger partial charge is 0.323 e. The number of halogens is 1. The van der Waals surface area contributed by atoms with Crippen LogP contribution in [-0.2, 0) is 5.60 Å². The highest BCUT2D eigenvalue weighted by Gasteiger charge is 2.36. The molecule has 1 aliphatic rings. The summed E-state index contributed by atoms with van der Waals surface area (Å²) in [7, 11) is 0. The molecule has 7 heteroatoms. The number of nitrogens with zero attached hydrogens (tertiary/aromatic N) is 3. The van der Waals surface area contributed by atoms with Gasteiger partial charge in [-0.05, 0) is 25.0 Å². The maximum atomic E-state index is 12.2. The Morgan fingerprint density at radius 2 is 2.00 bits per heavy atom. The number of anilines is 1. The summed E-state index contributed by atoms with van der Waals surface area (Å²) in [5, 5.41) is 14.1. The first kappa shape index (κ1) is 15.7. The quantitative estimate of drug-likeness (QED) is 0.886. The molecule has 6 nitrogen and oxygen atoms in total. The van der Waals surface area contributed by atoms with Gasteiger partial charge in [0.15, 0.2) is 0 Å². The Bertz CT molecular complexity index is 687. The lowest BCUT2D eigenvalue weighted by Crippen LogP contribution is -2.46. The van der Waals surface area contributed by atoms with Gasteiger partial charge >= 0.3 is 6.03 Å². The van der Waals surface area contributed by atoms with Gasteiger partial charge in [-0.3, -0.25) is 5.32 Å². The van der Waals surface area contributed by atoms with Gasteiger partial charge in [0.2, 0.25) is 0 Å². The van der Waals surface area contributed by atoms with Crippen LogP contribution in [0, 0.1) is 0 Å². The van der Waals surface area contributed by atoms with E-state index in [0.717, 1.165) is 5.56 Å². The maximum absolute atomic E-state index is 12.2. The number of likely N-dealkylation sites (tertiary alicyclic amines) is 1. The van der Waals surface area contributed by atoms with Gasteiger partial charge in [0.1, 0.15) is 12.1 Å². The number of amides is 2. The lowest BCUT2D eigenvalue weighted by molar-refractivity contribution is -0.0156. The van der Waals surface area contributed by atoms with Gasteiger partial charge in [-0.25, -0.2) is 14.8 Å². The fourth-order valence-corrected chi connectivity index (χ4v) is 3.05. The molecule has 2 aromatic rings. The van der Waals surface area contributed by atoms with E-state index in [1.54, 1.807) is 23.2 Å². The lowest BCUT2D eigenvalue weighted by atomic mass is 9.84. The van der Waals surface area contributed by atoms with E-state index in [1.807, 2.05) is 18.2 Å². The molecule has 1 fully saturated rings. The summed E-state index contributed by atoms with van der Waals surface area (Å²) in [4.78, 5) is 21.7. The second-order valence-electron chi connectivity index (χ2n) is 5.52. The summed E-state index contributed by atoms with van der Waals surface area (Å²) in [6.45, 7) is 0.886. The van der Waals surface area contributed by atoms with Crippen molar-refractivity contribution in [1.82, 2.24) is 14.9 Å². The largest absolute Gasteiger partial charge is 0.385 e.